The van der Waals surface area contributed by atoms with Crippen LogP contribution in [-0.2, 0) is 16.0 Å². The maximum atomic E-state index is 12.0. The van der Waals surface area contributed by atoms with E-state index in [9.17, 15) is 4.79 Å². The SMILES string of the molecule is O=C1C[C@H](c2ccccc2)O[C@H]1Cc1ccccc1. The molecule has 0 spiro atoms. The average molecular weight is 252 g/mol. The second kappa shape index (κ2) is 5.37. The average Bonchev–Trinajstić information content (AvgIpc) is 2.82. The number of Topliss-reactive ketones (excluding diaryl/α,β-unsaturated/α-hetero) is 1. The second-order valence-corrected chi connectivity index (χ2v) is 4.88. The molecule has 1 fully saturated rings. The molecule has 2 atom stereocenters. The first kappa shape index (κ1) is 12.1. The Morgan fingerprint density at radius 1 is 0.947 bits per heavy atom. The minimum Gasteiger partial charge on any atom is -0.362 e. The van der Waals surface area contributed by atoms with Crippen LogP contribution in [0.3, 0.4) is 0 Å². The molecule has 2 nitrogen and oxygen atoms in total. The van der Waals surface area contributed by atoms with Gasteiger partial charge in [0.25, 0.3) is 0 Å². The van der Waals surface area contributed by atoms with E-state index >= 15 is 0 Å². The van der Waals surface area contributed by atoms with Gasteiger partial charge in [-0.1, -0.05) is 60.7 Å². The van der Waals surface area contributed by atoms with E-state index in [1.54, 1.807) is 0 Å². The molecule has 19 heavy (non-hydrogen) atoms. The van der Waals surface area contributed by atoms with Gasteiger partial charge < -0.3 is 4.74 Å². The maximum Gasteiger partial charge on any atom is 0.164 e. The van der Waals surface area contributed by atoms with E-state index in [0.29, 0.717) is 12.8 Å². The number of carbonyl (C=O) groups is 1. The number of rotatable bonds is 3. The van der Waals surface area contributed by atoms with E-state index in [-0.39, 0.29) is 18.0 Å². The molecule has 0 unspecified atom stereocenters. The fraction of sp³-hybridized carbons (Fsp3) is 0.235. The minimum atomic E-state index is -0.299. The molecule has 2 heteroatoms. The molecule has 96 valence electrons. The van der Waals surface area contributed by atoms with Crippen LogP contribution in [0, 0.1) is 0 Å². The standard InChI is InChI=1S/C17H16O2/c18-15-12-16(14-9-5-2-6-10-14)19-17(15)11-13-7-3-1-4-8-13/h1-10,16-17H,11-12H2/t16-,17+/m1/s1. The van der Waals surface area contributed by atoms with Crippen LogP contribution in [-0.4, -0.2) is 11.9 Å². The van der Waals surface area contributed by atoms with Gasteiger partial charge in [-0.15, -0.1) is 0 Å². The molecule has 2 aromatic rings. The van der Waals surface area contributed by atoms with Crippen LogP contribution in [0.25, 0.3) is 0 Å². The van der Waals surface area contributed by atoms with Crippen LogP contribution in [0.15, 0.2) is 60.7 Å². The monoisotopic (exact) mass is 252 g/mol. The summed E-state index contributed by atoms with van der Waals surface area (Å²) in [5, 5.41) is 0. The molecule has 0 amide bonds. The zero-order valence-corrected chi connectivity index (χ0v) is 10.7. The predicted molar refractivity (Wildman–Crippen MR) is 73.8 cm³/mol. The normalized spacial score (nSPS) is 22.6. The van der Waals surface area contributed by atoms with Crippen LogP contribution in [0.1, 0.15) is 23.7 Å². The van der Waals surface area contributed by atoms with Gasteiger partial charge in [0.05, 0.1) is 6.10 Å². The van der Waals surface area contributed by atoms with Gasteiger partial charge in [-0.3, -0.25) is 4.79 Å². The summed E-state index contributed by atoms with van der Waals surface area (Å²) >= 11 is 0. The summed E-state index contributed by atoms with van der Waals surface area (Å²) in [5.41, 5.74) is 2.24. The molecule has 3 rings (SSSR count). The van der Waals surface area contributed by atoms with E-state index in [4.69, 9.17) is 4.74 Å². The molecule has 1 aliphatic rings. The van der Waals surface area contributed by atoms with E-state index in [1.807, 2.05) is 60.7 Å². The van der Waals surface area contributed by atoms with E-state index in [0.717, 1.165) is 11.1 Å². The predicted octanol–water partition coefficient (Wildman–Crippen LogP) is 3.33. The van der Waals surface area contributed by atoms with Crippen LogP contribution in [0.2, 0.25) is 0 Å². The lowest BCUT2D eigenvalue weighted by Crippen LogP contribution is -2.18. The molecule has 0 aliphatic carbocycles. The van der Waals surface area contributed by atoms with Crippen molar-refractivity contribution in [2.24, 2.45) is 0 Å². The molecule has 0 radical (unpaired) electrons. The third-order valence-electron chi connectivity index (χ3n) is 3.51. The van der Waals surface area contributed by atoms with Crippen molar-refractivity contribution in [1.82, 2.24) is 0 Å². The van der Waals surface area contributed by atoms with Gasteiger partial charge in [-0.05, 0) is 11.1 Å². The summed E-state index contributed by atoms with van der Waals surface area (Å²) in [7, 11) is 0. The molecule has 0 bridgehead atoms. The van der Waals surface area contributed by atoms with E-state index < -0.39 is 0 Å². The topological polar surface area (TPSA) is 26.3 Å². The quantitative estimate of drug-likeness (QED) is 0.837. The summed E-state index contributed by atoms with van der Waals surface area (Å²) in [4.78, 5) is 12.0. The van der Waals surface area contributed by atoms with Crippen molar-refractivity contribution in [3.05, 3.63) is 71.8 Å². The Morgan fingerprint density at radius 3 is 2.26 bits per heavy atom. The first-order chi connectivity index (χ1) is 9.33. The number of carbonyl (C=O) groups excluding carboxylic acids is 1. The third-order valence-corrected chi connectivity index (χ3v) is 3.51. The highest BCUT2D eigenvalue weighted by molar-refractivity contribution is 5.85. The Labute approximate surface area is 113 Å². The Kier molecular flexibility index (Phi) is 3.43. The first-order valence-electron chi connectivity index (χ1n) is 6.60. The van der Waals surface area contributed by atoms with Crippen molar-refractivity contribution in [3.63, 3.8) is 0 Å². The van der Waals surface area contributed by atoms with Crippen molar-refractivity contribution in [3.8, 4) is 0 Å². The van der Waals surface area contributed by atoms with Crippen molar-refractivity contribution >= 4 is 5.78 Å². The first-order valence-corrected chi connectivity index (χ1v) is 6.60. The van der Waals surface area contributed by atoms with Gasteiger partial charge >= 0.3 is 0 Å². The van der Waals surface area contributed by atoms with Gasteiger partial charge in [0, 0.05) is 12.8 Å². The number of hydrogen-bond acceptors (Lipinski definition) is 2. The fourth-order valence-corrected chi connectivity index (χ4v) is 2.49. The van der Waals surface area contributed by atoms with Crippen LogP contribution in [0.5, 0.6) is 0 Å². The number of hydrogen-bond donors (Lipinski definition) is 0. The van der Waals surface area contributed by atoms with Crippen LogP contribution < -0.4 is 0 Å². The zero-order chi connectivity index (χ0) is 13.1. The molecular weight excluding hydrogens is 236 g/mol. The third kappa shape index (κ3) is 2.74. The highest BCUT2D eigenvalue weighted by Crippen LogP contribution is 2.31. The van der Waals surface area contributed by atoms with Crippen LogP contribution in [0.4, 0.5) is 0 Å². The number of ether oxygens (including phenoxy) is 1. The van der Waals surface area contributed by atoms with E-state index in [2.05, 4.69) is 0 Å². The van der Waals surface area contributed by atoms with Gasteiger partial charge in [0.2, 0.25) is 0 Å². The molecule has 0 saturated carbocycles. The molecule has 0 N–H and O–H groups in total. The second-order valence-electron chi connectivity index (χ2n) is 4.88. The van der Waals surface area contributed by atoms with Crippen molar-refractivity contribution in [2.75, 3.05) is 0 Å². The largest absolute Gasteiger partial charge is 0.362 e. The molecular formula is C17H16O2. The van der Waals surface area contributed by atoms with Crippen LogP contribution >= 0.6 is 0 Å². The van der Waals surface area contributed by atoms with Crippen molar-refractivity contribution in [2.45, 2.75) is 25.0 Å². The highest BCUT2D eigenvalue weighted by Gasteiger charge is 2.33. The van der Waals surface area contributed by atoms with Gasteiger partial charge in [0.1, 0.15) is 6.10 Å². The summed E-state index contributed by atoms with van der Waals surface area (Å²) in [5.74, 6) is 0.206. The smallest absolute Gasteiger partial charge is 0.164 e. The lowest BCUT2D eigenvalue weighted by Gasteiger charge is -2.12. The maximum absolute atomic E-state index is 12.0. The summed E-state index contributed by atoms with van der Waals surface area (Å²) < 4.78 is 5.91. The molecule has 1 heterocycles. The molecule has 1 saturated heterocycles. The Morgan fingerprint density at radius 2 is 1.58 bits per heavy atom. The van der Waals surface area contributed by atoms with E-state index in [1.165, 1.54) is 0 Å². The van der Waals surface area contributed by atoms with Crippen molar-refractivity contribution in [1.29, 1.82) is 0 Å². The number of benzene rings is 2. The summed E-state index contributed by atoms with van der Waals surface area (Å²) in [6, 6.07) is 20.0. The lowest BCUT2D eigenvalue weighted by atomic mass is 10.0. The molecule has 0 aromatic heterocycles. The fourth-order valence-electron chi connectivity index (χ4n) is 2.49. The Bertz CT molecular complexity index is 548. The summed E-state index contributed by atoms with van der Waals surface area (Å²) in [6.45, 7) is 0. The minimum absolute atomic E-state index is 0.0811. The van der Waals surface area contributed by atoms with Crippen molar-refractivity contribution < 1.29 is 9.53 Å². The Hall–Kier alpha value is -1.93. The molecule has 1 aliphatic heterocycles. The lowest BCUT2D eigenvalue weighted by molar-refractivity contribution is -0.122. The molecule has 2 aromatic carbocycles. The highest BCUT2D eigenvalue weighted by atomic mass is 16.5. The summed E-state index contributed by atoms with van der Waals surface area (Å²) in [6.07, 6.45) is 0.778. The zero-order valence-electron chi connectivity index (χ0n) is 10.7. The van der Waals surface area contributed by atoms with Gasteiger partial charge in [0.15, 0.2) is 5.78 Å². The van der Waals surface area contributed by atoms with Gasteiger partial charge in [-0.25, -0.2) is 0 Å². The Balaban J connectivity index is 1.71. The number of ketones is 1. The van der Waals surface area contributed by atoms with Gasteiger partial charge in [-0.2, -0.15) is 0 Å².